The van der Waals surface area contributed by atoms with Gasteiger partial charge in [0.1, 0.15) is 0 Å². The molecule has 0 aromatic heterocycles. The van der Waals surface area contributed by atoms with Crippen molar-refractivity contribution >= 4 is 16.7 Å². The molecule has 0 radical (unpaired) electrons. The molecule has 0 aliphatic carbocycles. The summed E-state index contributed by atoms with van der Waals surface area (Å²) in [4.78, 5) is 11.2. The maximum atomic E-state index is 12.8. The lowest BCUT2D eigenvalue weighted by molar-refractivity contribution is -0.360. The lowest BCUT2D eigenvalue weighted by atomic mass is 9.91. The van der Waals surface area contributed by atoms with Crippen LogP contribution in [0.1, 0.15) is 58.9 Å². The average Bonchev–Trinajstić information content (AvgIpc) is 2.76. The van der Waals surface area contributed by atoms with Crippen LogP contribution >= 0.6 is 0 Å². The fraction of sp³-hybridized carbons (Fsp3) is 0.542. The van der Waals surface area contributed by atoms with Crippen LogP contribution in [0.4, 0.5) is 30.7 Å². The Morgan fingerprint density at radius 1 is 0.909 bits per heavy atom. The summed E-state index contributed by atoms with van der Waals surface area (Å²) < 4.78 is 89.8. The lowest BCUT2D eigenvalue weighted by Gasteiger charge is -2.29. The number of benzene rings is 2. The Bertz CT molecular complexity index is 920. The van der Waals surface area contributed by atoms with Crippen LogP contribution in [0.15, 0.2) is 42.5 Å². The molecule has 1 unspecified atom stereocenters. The quantitative estimate of drug-likeness (QED) is 0.294. The number of rotatable bonds is 7. The molecule has 33 heavy (non-hydrogen) atoms. The normalized spacial score (nSPS) is 13.8. The molecule has 2 aromatic rings. The summed E-state index contributed by atoms with van der Waals surface area (Å²) in [5, 5.41) is 2.69. The summed E-state index contributed by atoms with van der Waals surface area (Å²) >= 11 is 0. The van der Waals surface area contributed by atoms with Crippen molar-refractivity contribution in [2.75, 3.05) is 6.61 Å². The molecule has 0 aliphatic heterocycles. The van der Waals surface area contributed by atoms with Gasteiger partial charge >= 0.3 is 24.0 Å². The van der Waals surface area contributed by atoms with Gasteiger partial charge in [0.25, 0.3) is 0 Å². The maximum Gasteiger partial charge on any atom is 0.460 e. The molecule has 0 heterocycles. The number of halogens is 7. The van der Waals surface area contributed by atoms with E-state index in [1.807, 2.05) is 0 Å². The van der Waals surface area contributed by atoms with Crippen molar-refractivity contribution in [2.45, 2.75) is 71.4 Å². The van der Waals surface area contributed by atoms with Crippen LogP contribution in [0.2, 0.25) is 0 Å². The molecule has 0 aliphatic rings. The second-order valence-electron chi connectivity index (χ2n) is 8.51. The lowest BCUT2D eigenvalue weighted by Crippen LogP contribution is -2.54. The number of alkyl halides is 7. The SMILES string of the molecule is CCC(C)(C)C(=O)OCC(F)(F)C(F)(F)C(F)(F)F.CCC(C)c1ccc2ccccc2c1. The fourth-order valence-corrected chi connectivity index (χ4v) is 2.54. The van der Waals surface area contributed by atoms with Crippen molar-refractivity contribution in [3.63, 3.8) is 0 Å². The van der Waals surface area contributed by atoms with E-state index in [-0.39, 0.29) is 6.42 Å². The highest BCUT2D eigenvalue weighted by Gasteiger charge is 2.73. The van der Waals surface area contributed by atoms with Crippen LogP contribution in [0.3, 0.4) is 0 Å². The number of hydrogen-bond acceptors (Lipinski definition) is 2. The highest BCUT2D eigenvalue weighted by Crippen LogP contribution is 2.46. The van der Waals surface area contributed by atoms with Gasteiger partial charge in [0, 0.05) is 0 Å². The molecule has 0 saturated heterocycles. The van der Waals surface area contributed by atoms with Crippen LogP contribution in [0, 0.1) is 5.41 Å². The average molecular weight is 482 g/mol. The van der Waals surface area contributed by atoms with Crippen LogP contribution < -0.4 is 0 Å². The van der Waals surface area contributed by atoms with Gasteiger partial charge < -0.3 is 4.74 Å². The van der Waals surface area contributed by atoms with Crippen molar-refractivity contribution in [2.24, 2.45) is 5.41 Å². The Kier molecular flexibility index (Phi) is 9.34. The van der Waals surface area contributed by atoms with E-state index in [1.54, 1.807) is 0 Å². The number of carbonyl (C=O) groups is 1. The van der Waals surface area contributed by atoms with Crippen molar-refractivity contribution in [3.8, 4) is 0 Å². The van der Waals surface area contributed by atoms with Gasteiger partial charge in [-0.05, 0) is 48.9 Å². The predicted molar refractivity (Wildman–Crippen MR) is 114 cm³/mol. The summed E-state index contributed by atoms with van der Waals surface area (Å²) in [5.74, 6) is -12.4. The Labute approximate surface area is 189 Å². The Hall–Kier alpha value is -2.32. The maximum absolute atomic E-state index is 12.8. The van der Waals surface area contributed by atoms with Gasteiger partial charge in [0.15, 0.2) is 6.61 Å². The van der Waals surface area contributed by atoms with Crippen molar-refractivity contribution in [1.29, 1.82) is 0 Å². The third-order valence-electron chi connectivity index (χ3n) is 5.59. The van der Waals surface area contributed by atoms with E-state index in [0.29, 0.717) is 5.92 Å². The second kappa shape index (κ2) is 10.7. The summed E-state index contributed by atoms with van der Waals surface area (Å²) in [6, 6.07) is 15.3. The molecule has 0 spiro atoms. The van der Waals surface area contributed by atoms with Crippen molar-refractivity contribution < 1.29 is 40.3 Å². The molecule has 0 amide bonds. The number of fused-ring (bicyclic) bond motifs is 1. The van der Waals surface area contributed by atoms with E-state index in [4.69, 9.17) is 0 Å². The predicted octanol–water partition coefficient (Wildman–Crippen LogP) is 8.15. The van der Waals surface area contributed by atoms with Crippen LogP contribution in [-0.4, -0.2) is 30.6 Å². The zero-order valence-corrected chi connectivity index (χ0v) is 19.2. The smallest absolute Gasteiger partial charge is 0.459 e. The largest absolute Gasteiger partial charge is 0.460 e. The molecule has 186 valence electrons. The van der Waals surface area contributed by atoms with Crippen LogP contribution in [-0.2, 0) is 9.53 Å². The van der Waals surface area contributed by atoms with E-state index in [9.17, 15) is 35.5 Å². The molecule has 2 nitrogen and oxygen atoms in total. The molecular formula is C24H29F7O2. The zero-order chi connectivity index (χ0) is 25.7. The minimum Gasteiger partial charge on any atom is -0.459 e. The first kappa shape index (κ1) is 28.7. The van der Waals surface area contributed by atoms with E-state index in [1.165, 1.54) is 43.5 Å². The van der Waals surface area contributed by atoms with Gasteiger partial charge in [-0.15, -0.1) is 0 Å². The number of esters is 1. The molecule has 1 atom stereocenters. The van der Waals surface area contributed by atoms with Gasteiger partial charge in [0.05, 0.1) is 5.41 Å². The summed E-state index contributed by atoms with van der Waals surface area (Å²) in [6.07, 6.45) is -5.07. The van der Waals surface area contributed by atoms with Gasteiger partial charge in [-0.2, -0.15) is 30.7 Å². The minimum absolute atomic E-state index is 0.146. The van der Waals surface area contributed by atoms with Crippen LogP contribution in [0.5, 0.6) is 0 Å². The summed E-state index contributed by atoms with van der Waals surface area (Å²) in [5.41, 5.74) is 0.204. The van der Waals surface area contributed by atoms with Gasteiger partial charge in [-0.1, -0.05) is 63.2 Å². The minimum atomic E-state index is -6.43. The highest BCUT2D eigenvalue weighted by molar-refractivity contribution is 5.83. The number of carbonyl (C=O) groups excluding carboxylic acids is 1. The molecule has 9 heteroatoms. The van der Waals surface area contributed by atoms with E-state index in [0.717, 1.165) is 0 Å². The first-order valence-corrected chi connectivity index (χ1v) is 10.5. The van der Waals surface area contributed by atoms with Crippen molar-refractivity contribution in [1.82, 2.24) is 0 Å². The molecule has 2 aromatic carbocycles. The monoisotopic (exact) mass is 482 g/mol. The third kappa shape index (κ3) is 7.08. The molecular weight excluding hydrogens is 453 g/mol. The molecule has 2 rings (SSSR count). The van der Waals surface area contributed by atoms with Crippen molar-refractivity contribution in [3.05, 3.63) is 48.0 Å². The molecule has 0 saturated carbocycles. The second-order valence-corrected chi connectivity index (χ2v) is 8.51. The Balaban J connectivity index is 0.000000342. The summed E-state index contributed by atoms with van der Waals surface area (Å²) in [6.45, 7) is 6.26. The Morgan fingerprint density at radius 2 is 1.45 bits per heavy atom. The molecule has 0 N–H and O–H groups in total. The third-order valence-corrected chi connectivity index (χ3v) is 5.59. The first-order valence-electron chi connectivity index (χ1n) is 10.5. The topological polar surface area (TPSA) is 26.3 Å². The fourth-order valence-electron chi connectivity index (χ4n) is 2.54. The Morgan fingerprint density at radius 3 is 1.94 bits per heavy atom. The van der Waals surface area contributed by atoms with Gasteiger partial charge in [0.2, 0.25) is 0 Å². The highest BCUT2D eigenvalue weighted by atomic mass is 19.4. The van der Waals surface area contributed by atoms with Gasteiger partial charge in [-0.25, -0.2) is 0 Å². The van der Waals surface area contributed by atoms with Gasteiger partial charge in [-0.3, -0.25) is 4.79 Å². The summed E-state index contributed by atoms with van der Waals surface area (Å²) in [7, 11) is 0. The zero-order valence-electron chi connectivity index (χ0n) is 19.2. The number of hydrogen-bond donors (Lipinski definition) is 0. The van der Waals surface area contributed by atoms with Crippen LogP contribution in [0.25, 0.3) is 10.8 Å². The van der Waals surface area contributed by atoms with E-state index >= 15 is 0 Å². The molecule has 0 fully saturated rings. The number of ether oxygens (including phenoxy) is 1. The van der Waals surface area contributed by atoms with E-state index < -0.39 is 36.0 Å². The standard InChI is InChI=1S/C14H16.C10H13F7O2/c1-3-11(2)13-9-8-12-6-4-5-7-14(12)10-13;1-4-7(2,3)6(18)19-5-8(11,12)9(13,14)10(15,16)17/h4-11H,3H2,1-2H3;4-5H2,1-3H3. The first-order chi connectivity index (χ1) is 15.0. The molecule has 0 bridgehead atoms. The van der Waals surface area contributed by atoms with E-state index in [2.05, 4.69) is 61.0 Å².